The number of hydrogen-bond donors (Lipinski definition) is 1. The molecule has 17 heavy (non-hydrogen) atoms. The van der Waals surface area contributed by atoms with Crippen molar-refractivity contribution in [3.63, 3.8) is 0 Å². The molecule has 0 unspecified atom stereocenters. The zero-order chi connectivity index (χ0) is 12.5. The van der Waals surface area contributed by atoms with Crippen LogP contribution in [0.2, 0.25) is 0 Å². The minimum atomic E-state index is -0.0868. The third-order valence-electron chi connectivity index (χ3n) is 3.29. The highest BCUT2D eigenvalue weighted by molar-refractivity contribution is 4.71. The van der Waals surface area contributed by atoms with Gasteiger partial charge in [0, 0.05) is 19.8 Å². The Bertz CT molecular complexity index is 176. The van der Waals surface area contributed by atoms with E-state index in [1.807, 2.05) is 13.8 Å². The van der Waals surface area contributed by atoms with E-state index in [9.17, 15) is 0 Å². The maximum absolute atomic E-state index is 5.50. The summed E-state index contributed by atoms with van der Waals surface area (Å²) in [6, 6.07) is 0. The van der Waals surface area contributed by atoms with E-state index >= 15 is 0 Å². The lowest BCUT2D eigenvalue weighted by Gasteiger charge is -2.29. The number of nitrogens with zero attached hydrogens (tertiary/aromatic N) is 1. The molecule has 0 bridgehead atoms. The van der Waals surface area contributed by atoms with Crippen LogP contribution in [-0.2, 0) is 9.47 Å². The molecule has 4 heteroatoms. The fourth-order valence-corrected chi connectivity index (χ4v) is 2.21. The minimum Gasteiger partial charge on any atom is -0.352 e. The summed E-state index contributed by atoms with van der Waals surface area (Å²) in [6.07, 6.45) is 2.52. The molecular formula is C13H28N2O2. The molecule has 0 amide bonds. The molecule has 0 radical (unpaired) electrons. The number of nitrogens with one attached hydrogen (secondary N) is 1. The number of piperidine rings is 1. The summed E-state index contributed by atoms with van der Waals surface area (Å²) in [6.45, 7) is 9.77. The van der Waals surface area contributed by atoms with Gasteiger partial charge >= 0.3 is 0 Å². The van der Waals surface area contributed by atoms with Gasteiger partial charge in [-0.1, -0.05) is 0 Å². The Morgan fingerprint density at radius 2 is 1.76 bits per heavy atom. The highest BCUT2D eigenvalue weighted by atomic mass is 16.7. The maximum Gasteiger partial charge on any atom is 0.169 e. The van der Waals surface area contributed by atoms with Crippen LogP contribution in [0.5, 0.6) is 0 Å². The zero-order valence-corrected chi connectivity index (χ0v) is 11.6. The average Bonchev–Trinajstić information content (AvgIpc) is 2.32. The van der Waals surface area contributed by atoms with Gasteiger partial charge in [0.2, 0.25) is 0 Å². The van der Waals surface area contributed by atoms with Crippen LogP contribution in [0.15, 0.2) is 0 Å². The third kappa shape index (κ3) is 6.36. The number of rotatable bonds is 8. The van der Waals surface area contributed by atoms with E-state index in [1.54, 1.807) is 0 Å². The molecule has 0 aromatic carbocycles. The second-order valence-corrected chi connectivity index (χ2v) is 4.75. The molecule has 4 nitrogen and oxygen atoms in total. The second kappa shape index (κ2) is 8.86. The van der Waals surface area contributed by atoms with Crippen molar-refractivity contribution in [2.75, 3.05) is 46.4 Å². The number of likely N-dealkylation sites (tertiary alicyclic amines) is 1. The summed E-state index contributed by atoms with van der Waals surface area (Å²) < 4.78 is 11.0. The van der Waals surface area contributed by atoms with Crippen LogP contribution in [0.25, 0.3) is 0 Å². The molecule has 0 spiro atoms. The Kier molecular flexibility index (Phi) is 7.77. The van der Waals surface area contributed by atoms with Crippen LogP contribution in [0.4, 0.5) is 0 Å². The van der Waals surface area contributed by atoms with E-state index in [0.29, 0.717) is 13.2 Å². The standard InChI is InChI=1S/C13H28N2O2/c1-4-16-13(17-5-2)11-14-10-12-6-8-15(3)9-7-12/h12-14H,4-11H2,1-3H3. The quantitative estimate of drug-likeness (QED) is 0.653. The van der Waals surface area contributed by atoms with Gasteiger partial charge in [-0.05, 0) is 59.3 Å². The Hall–Kier alpha value is -0.160. The Labute approximate surface area is 106 Å². The Morgan fingerprint density at radius 3 is 2.29 bits per heavy atom. The largest absolute Gasteiger partial charge is 0.352 e. The van der Waals surface area contributed by atoms with Crippen LogP contribution in [0, 0.1) is 5.92 Å². The van der Waals surface area contributed by atoms with Crippen LogP contribution >= 0.6 is 0 Å². The molecule has 102 valence electrons. The van der Waals surface area contributed by atoms with Gasteiger partial charge in [0.25, 0.3) is 0 Å². The normalized spacial score (nSPS) is 19.1. The van der Waals surface area contributed by atoms with Crippen molar-refractivity contribution in [2.24, 2.45) is 5.92 Å². The number of ether oxygens (including phenoxy) is 2. The highest BCUT2D eigenvalue weighted by Crippen LogP contribution is 2.14. The molecule has 1 heterocycles. The first-order valence-corrected chi connectivity index (χ1v) is 6.88. The van der Waals surface area contributed by atoms with Crippen LogP contribution < -0.4 is 5.32 Å². The average molecular weight is 244 g/mol. The molecule has 1 fully saturated rings. The first-order valence-electron chi connectivity index (χ1n) is 6.88. The molecule has 1 rings (SSSR count). The molecule has 1 N–H and O–H groups in total. The first kappa shape index (κ1) is 14.9. The van der Waals surface area contributed by atoms with Crippen molar-refractivity contribution in [1.82, 2.24) is 10.2 Å². The fraction of sp³-hybridized carbons (Fsp3) is 1.00. The molecule has 0 aliphatic carbocycles. The van der Waals surface area contributed by atoms with Gasteiger partial charge in [0.15, 0.2) is 6.29 Å². The topological polar surface area (TPSA) is 33.7 Å². The van der Waals surface area contributed by atoms with Crippen LogP contribution in [0.1, 0.15) is 26.7 Å². The van der Waals surface area contributed by atoms with Gasteiger partial charge in [0.05, 0.1) is 0 Å². The SMILES string of the molecule is CCOC(CNCC1CCN(C)CC1)OCC. The van der Waals surface area contributed by atoms with E-state index in [4.69, 9.17) is 9.47 Å². The second-order valence-electron chi connectivity index (χ2n) is 4.75. The zero-order valence-electron chi connectivity index (χ0n) is 11.6. The molecule has 0 aromatic rings. The fourth-order valence-electron chi connectivity index (χ4n) is 2.21. The van der Waals surface area contributed by atoms with Crippen LogP contribution in [-0.4, -0.2) is 57.6 Å². The van der Waals surface area contributed by atoms with Gasteiger partial charge in [0.1, 0.15) is 0 Å². The molecule has 1 saturated heterocycles. The lowest BCUT2D eigenvalue weighted by Crippen LogP contribution is -2.38. The summed E-state index contributed by atoms with van der Waals surface area (Å²) in [5.41, 5.74) is 0. The molecular weight excluding hydrogens is 216 g/mol. The predicted molar refractivity (Wildman–Crippen MR) is 70.1 cm³/mol. The summed E-state index contributed by atoms with van der Waals surface area (Å²) in [7, 11) is 2.20. The first-order chi connectivity index (χ1) is 8.26. The molecule has 0 saturated carbocycles. The van der Waals surface area contributed by atoms with Crippen molar-refractivity contribution in [3.05, 3.63) is 0 Å². The van der Waals surface area contributed by atoms with E-state index in [0.717, 1.165) is 19.0 Å². The lowest BCUT2D eigenvalue weighted by atomic mass is 9.97. The van der Waals surface area contributed by atoms with E-state index in [-0.39, 0.29) is 6.29 Å². The predicted octanol–water partition coefficient (Wildman–Crippen LogP) is 1.32. The van der Waals surface area contributed by atoms with Crippen molar-refractivity contribution in [2.45, 2.75) is 33.0 Å². The van der Waals surface area contributed by atoms with E-state index in [2.05, 4.69) is 17.3 Å². The Balaban J connectivity index is 2.08. The molecule has 1 aliphatic rings. The summed E-state index contributed by atoms with van der Waals surface area (Å²) in [5, 5.41) is 3.47. The van der Waals surface area contributed by atoms with E-state index in [1.165, 1.54) is 25.9 Å². The smallest absolute Gasteiger partial charge is 0.169 e. The monoisotopic (exact) mass is 244 g/mol. The van der Waals surface area contributed by atoms with Crippen molar-refractivity contribution in [3.8, 4) is 0 Å². The summed E-state index contributed by atoms with van der Waals surface area (Å²) in [4.78, 5) is 2.40. The van der Waals surface area contributed by atoms with Gasteiger partial charge in [-0.3, -0.25) is 0 Å². The van der Waals surface area contributed by atoms with Crippen molar-refractivity contribution in [1.29, 1.82) is 0 Å². The van der Waals surface area contributed by atoms with Crippen molar-refractivity contribution < 1.29 is 9.47 Å². The number of hydrogen-bond acceptors (Lipinski definition) is 4. The molecule has 0 aromatic heterocycles. The van der Waals surface area contributed by atoms with Gasteiger partial charge in [-0.2, -0.15) is 0 Å². The third-order valence-corrected chi connectivity index (χ3v) is 3.29. The van der Waals surface area contributed by atoms with Gasteiger partial charge in [-0.15, -0.1) is 0 Å². The van der Waals surface area contributed by atoms with Gasteiger partial charge in [-0.25, -0.2) is 0 Å². The van der Waals surface area contributed by atoms with Gasteiger partial charge < -0.3 is 19.7 Å². The van der Waals surface area contributed by atoms with E-state index < -0.39 is 0 Å². The molecule has 0 atom stereocenters. The minimum absolute atomic E-state index is 0.0868. The lowest BCUT2D eigenvalue weighted by molar-refractivity contribution is -0.133. The summed E-state index contributed by atoms with van der Waals surface area (Å²) >= 11 is 0. The van der Waals surface area contributed by atoms with Crippen molar-refractivity contribution >= 4 is 0 Å². The van der Waals surface area contributed by atoms with Crippen LogP contribution in [0.3, 0.4) is 0 Å². The highest BCUT2D eigenvalue weighted by Gasteiger charge is 2.16. The summed E-state index contributed by atoms with van der Waals surface area (Å²) in [5.74, 6) is 0.815. The Morgan fingerprint density at radius 1 is 1.18 bits per heavy atom. The maximum atomic E-state index is 5.50. The molecule has 1 aliphatic heterocycles.